The van der Waals surface area contributed by atoms with Gasteiger partial charge in [0.05, 0.1) is 46.4 Å². The van der Waals surface area contributed by atoms with Gasteiger partial charge >= 0.3 is 12.1 Å². The summed E-state index contributed by atoms with van der Waals surface area (Å²) in [5.41, 5.74) is 4.11. The number of aromatic nitrogens is 7. The summed E-state index contributed by atoms with van der Waals surface area (Å²) in [6.07, 6.45) is 1.66. The Labute approximate surface area is 234 Å². The van der Waals surface area contributed by atoms with Crippen LogP contribution in [0.1, 0.15) is 15.9 Å². The van der Waals surface area contributed by atoms with Crippen molar-refractivity contribution in [3.8, 4) is 11.4 Å². The molecular formula is C25H19ClF3N9O3. The first-order valence-corrected chi connectivity index (χ1v) is 11.9. The number of pyridine rings is 1. The molecule has 0 bridgehead atoms. The van der Waals surface area contributed by atoms with Crippen molar-refractivity contribution in [3.63, 3.8) is 0 Å². The zero-order valence-electron chi connectivity index (χ0n) is 20.9. The Morgan fingerprint density at radius 1 is 1.00 bits per heavy atom. The molecule has 3 heterocycles. The topological polar surface area (TPSA) is 153 Å². The Kier molecular flexibility index (Phi) is 8.57. The SMILES string of the molecule is Cc1cncc(NC(=O)c2cccc(-n3cc(Nc4nnnn4-c4ccccc4Cl)cn3)c2)c1.O=C(O)C(F)(F)F. The summed E-state index contributed by atoms with van der Waals surface area (Å²) < 4.78 is 34.9. The molecule has 2 aromatic carbocycles. The summed E-state index contributed by atoms with van der Waals surface area (Å²) in [5, 5.41) is 29.8. The van der Waals surface area contributed by atoms with Crippen molar-refractivity contribution in [1.29, 1.82) is 0 Å². The minimum atomic E-state index is -5.08. The normalized spacial score (nSPS) is 10.9. The van der Waals surface area contributed by atoms with E-state index in [4.69, 9.17) is 21.5 Å². The molecule has 3 aromatic heterocycles. The van der Waals surface area contributed by atoms with Gasteiger partial charge in [-0.05, 0) is 59.3 Å². The number of amides is 1. The van der Waals surface area contributed by atoms with Crippen LogP contribution in [0.4, 0.5) is 30.5 Å². The van der Waals surface area contributed by atoms with Crippen LogP contribution in [-0.2, 0) is 4.79 Å². The third kappa shape index (κ3) is 7.42. The van der Waals surface area contributed by atoms with E-state index >= 15 is 0 Å². The van der Waals surface area contributed by atoms with Crippen LogP contribution in [0.5, 0.6) is 0 Å². The number of para-hydroxylation sites is 1. The molecule has 5 rings (SSSR count). The number of tetrazole rings is 1. The minimum Gasteiger partial charge on any atom is -0.475 e. The molecule has 210 valence electrons. The van der Waals surface area contributed by atoms with Gasteiger partial charge in [0.1, 0.15) is 0 Å². The van der Waals surface area contributed by atoms with Crippen LogP contribution in [0.25, 0.3) is 11.4 Å². The number of carbonyl (C=O) groups is 2. The highest BCUT2D eigenvalue weighted by Gasteiger charge is 2.38. The van der Waals surface area contributed by atoms with Gasteiger partial charge in [-0.25, -0.2) is 9.48 Å². The number of nitrogens with zero attached hydrogens (tertiary/aromatic N) is 7. The molecule has 0 aliphatic heterocycles. The molecule has 0 saturated heterocycles. The molecule has 0 radical (unpaired) electrons. The Morgan fingerprint density at radius 2 is 1.76 bits per heavy atom. The number of carbonyl (C=O) groups excluding carboxylic acids is 1. The number of hydrogen-bond donors (Lipinski definition) is 3. The number of rotatable bonds is 6. The molecule has 41 heavy (non-hydrogen) atoms. The molecule has 0 fully saturated rings. The molecule has 12 nitrogen and oxygen atoms in total. The molecule has 0 aliphatic rings. The number of aryl methyl sites for hydroxylation is 1. The number of halogens is 4. The number of aliphatic carboxylic acids is 1. The number of carboxylic acid groups (broad SMARTS) is 1. The van der Waals surface area contributed by atoms with Crippen molar-refractivity contribution in [2.24, 2.45) is 0 Å². The fraction of sp³-hybridized carbons (Fsp3) is 0.0800. The van der Waals surface area contributed by atoms with E-state index in [0.29, 0.717) is 39.3 Å². The maximum Gasteiger partial charge on any atom is 0.490 e. The number of benzene rings is 2. The van der Waals surface area contributed by atoms with Crippen molar-refractivity contribution < 1.29 is 27.9 Å². The maximum absolute atomic E-state index is 12.7. The number of alkyl halides is 3. The molecule has 5 aromatic rings. The molecule has 0 unspecified atom stereocenters. The monoisotopic (exact) mass is 585 g/mol. The lowest BCUT2D eigenvalue weighted by atomic mass is 10.2. The van der Waals surface area contributed by atoms with E-state index in [1.165, 1.54) is 4.68 Å². The standard InChI is InChI=1S/C23H18ClN9O.C2HF3O2/c1-15-9-17(12-25-11-15)27-22(34)16-5-4-6-19(10-16)32-14-18(13-26-32)28-23-29-30-31-33(23)21-8-3-2-7-20(21)24;3-2(4,5)1(6)7/h2-14H,1H3,(H,27,34)(H,28,29,31);(H,6,7). The lowest BCUT2D eigenvalue weighted by molar-refractivity contribution is -0.192. The van der Waals surface area contributed by atoms with E-state index in [0.717, 1.165) is 5.56 Å². The highest BCUT2D eigenvalue weighted by molar-refractivity contribution is 6.32. The summed E-state index contributed by atoms with van der Waals surface area (Å²) in [5.74, 6) is -2.61. The van der Waals surface area contributed by atoms with Crippen molar-refractivity contribution in [2.75, 3.05) is 10.6 Å². The van der Waals surface area contributed by atoms with Gasteiger partial charge in [-0.2, -0.15) is 23.0 Å². The van der Waals surface area contributed by atoms with Gasteiger partial charge in [-0.1, -0.05) is 34.9 Å². The Bertz CT molecular complexity index is 1690. The largest absolute Gasteiger partial charge is 0.490 e. The lowest BCUT2D eigenvalue weighted by Crippen LogP contribution is -2.21. The summed E-state index contributed by atoms with van der Waals surface area (Å²) >= 11 is 6.28. The van der Waals surface area contributed by atoms with E-state index in [2.05, 4.69) is 36.2 Å². The number of hydrogen-bond acceptors (Lipinski definition) is 8. The zero-order chi connectivity index (χ0) is 29.6. The van der Waals surface area contributed by atoms with Crippen molar-refractivity contribution in [3.05, 3.63) is 95.5 Å². The molecule has 3 N–H and O–H groups in total. The van der Waals surface area contributed by atoms with Gasteiger partial charge in [0, 0.05) is 11.8 Å². The third-order valence-corrected chi connectivity index (χ3v) is 5.46. The van der Waals surface area contributed by atoms with Gasteiger partial charge in [0.15, 0.2) is 0 Å². The van der Waals surface area contributed by atoms with E-state index in [9.17, 15) is 18.0 Å². The fourth-order valence-electron chi connectivity index (χ4n) is 3.32. The number of anilines is 3. The Morgan fingerprint density at radius 3 is 2.46 bits per heavy atom. The highest BCUT2D eigenvalue weighted by Crippen LogP contribution is 2.23. The van der Waals surface area contributed by atoms with Gasteiger partial charge < -0.3 is 15.7 Å². The molecule has 0 aliphatic carbocycles. The summed E-state index contributed by atoms with van der Waals surface area (Å²) in [4.78, 5) is 25.7. The quantitative estimate of drug-likeness (QED) is 0.254. The number of nitrogens with one attached hydrogen (secondary N) is 2. The maximum atomic E-state index is 12.7. The highest BCUT2D eigenvalue weighted by atomic mass is 35.5. The average Bonchev–Trinajstić information content (AvgIpc) is 3.59. The molecule has 0 atom stereocenters. The Hall–Kier alpha value is -5.31. The molecule has 0 saturated carbocycles. The summed E-state index contributed by atoms with van der Waals surface area (Å²) in [6.45, 7) is 1.92. The van der Waals surface area contributed by atoms with E-state index in [1.807, 2.05) is 37.3 Å². The van der Waals surface area contributed by atoms with Gasteiger partial charge in [-0.3, -0.25) is 9.78 Å². The second kappa shape index (κ2) is 12.3. The third-order valence-electron chi connectivity index (χ3n) is 5.14. The summed E-state index contributed by atoms with van der Waals surface area (Å²) in [7, 11) is 0. The van der Waals surface area contributed by atoms with Gasteiger partial charge in [0.2, 0.25) is 0 Å². The predicted molar refractivity (Wildman–Crippen MR) is 142 cm³/mol. The first-order chi connectivity index (χ1) is 19.5. The Balaban J connectivity index is 0.000000493. The van der Waals surface area contributed by atoms with Crippen LogP contribution in [0.2, 0.25) is 5.02 Å². The molecule has 1 amide bonds. The lowest BCUT2D eigenvalue weighted by Gasteiger charge is -2.08. The van der Waals surface area contributed by atoms with Crippen molar-refractivity contribution in [2.45, 2.75) is 13.1 Å². The van der Waals surface area contributed by atoms with Crippen molar-refractivity contribution in [1.82, 2.24) is 35.0 Å². The van der Waals surface area contributed by atoms with E-state index < -0.39 is 12.1 Å². The molecular weight excluding hydrogens is 567 g/mol. The second-order valence-electron chi connectivity index (χ2n) is 8.22. The van der Waals surface area contributed by atoms with Crippen LogP contribution in [0.3, 0.4) is 0 Å². The minimum absolute atomic E-state index is 0.237. The first-order valence-electron chi connectivity index (χ1n) is 11.5. The molecule has 0 spiro atoms. The zero-order valence-corrected chi connectivity index (χ0v) is 21.7. The van der Waals surface area contributed by atoms with E-state index in [-0.39, 0.29) is 5.91 Å². The summed E-state index contributed by atoms with van der Waals surface area (Å²) in [6, 6.07) is 16.3. The van der Waals surface area contributed by atoms with Crippen molar-refractivity contribution >= 4 is 40.8 Å². The smallest absolute Gasteiger partial charge is 0.475 e. The second-order valence-corrected chi connectivity index (χ2v) is 8.63. The van der Waals surface area contributed by atoms with Crippen LogP contribution >= 0.6 is 11.6 Å². The van der Waals surface area contributed by atoms with E-state index in [1.54, 1.807) is 53.7 Å². The first kappa shape index (κ1) is 28.7. The van der Waals surface area contributed by atoms with Gasteiger partial charge in [-0.15, -0.1) is 0 Å². The van der Waals surface area contributed by atoms with Crippen LogP contribution in [0, 0.1) is 6.92 Å². The fourth-order valence-corrected chi connectivity index (χ4v) is 3.54. The predicted octanol–water partition coefficient (Wildman–Crippen LogP) is 4.83. The number of carboxylic acids is 1. The van der Waals surface area contributed by atoms with Gasteiger partial charge in [0.25, 0.3) is 11.9 Å². The van der Waals surface area contributed by atoms with Crippen LogP contribution in [-0.4, -0.2) is 58.1 Å². The van der Waals surface area contributed by atoms with Crippen LogP contribution < -0.4 is 10.6 Å². The average molecular weight is 586 g/mol. The molecule has 16 heteroatoms. The van der Waals surface area contributed by atoms with Crippen LogP contribution in [0.15, 0.2) is 79.4 Å².